The molecule has 4 N–H and O–H groups in total. The lowest BCUT2D eigenvalue weighted by atomic mass is 10.2. The molecule has 2 amide bonds. The normalized spacial score (nSPS) is 10.8. The summed E-state index contributed by atoms with van der Waals surface area (Å²) in [6.07, 6.45) is 4.00. The second-order valence-electron chi connectivity index (χ2n) is 3.58. The second-order valence-corrected chi connectivity index (χ2v) is 3.58. The number of carbonyl (C=O) groups excluding carboxylic acids is 2. The van der Waals surface area contributed by atoms with Crippen molar-refractivity contribution in [3.63, 3.8) is 0 Å². The van der Waals surface area contributed by atoms with E-state index in [-0.39, 0.29) is 11.8 Å². The smallest absolute Gasteiger partial charge is 0.217 e. The molecule has 0 unspecified atom stereocenters. The quantitative estimate of drug-likeness (QED) is 0.424. The minimum absolute atomic E-state index is 0.275. The third-order valence-corrected chi connectivity index (χ3v) is 1.96. The van der Waals surface area contributed by atoms with Crippen LogP contribution in [0.3, 0.4) is 0 Å². The number of azo groups is 1. The monoisotopic (exact) mass is 228 g/mol. The van der Waals surface area contributed by atoms with Gasteiger partial charge in [-0.2, -0.15) is 10.2 Å². The summed E-state index contributed by atoms with van der Waals surface area (Å²) in [5.41, 5.74) is 9.96. The molecule has 0 aromatic heterocycles. The molecule has 0 heterocycles. The highest BCUT2D eigenvalue weighted by Crippen LogP contribution is 1.97. The lowest BCUT2D eigenvalue weighted by Gasteiger charge is -1.95. The van der Waals surface area contributed by atoms with Gasteiger partial charge in [-0.05, 0) is 25.7 Å². The molecule has 0 spiro atoms. The van der Waals surface area contributed by atoms with Crippen LogP contribution in [0.5, 0.6) is 0 Å². The average Bonchev–Trinajstić information content (AvgIpc) is 2.20. The van der Waals surface area contributed by atoms with Gasteiger partial charge in [0.15, 0.2) is 0 Å². The Hall–Kier alpha value is -1.46. The topological polar surface area (TPSA) is 111 Å². The average molecular weight is 228 g/mol. The second kappa shape index (κ2) is 10.1. The number of primary amides is 2. The van der Waals surface area contributed by atoms with Gasteiger partial charge in [0, 0.05) is 12.8 Å². The van der Waals surface area contributed by atoms with Crippen molar-refractivity contribution in [3.05, 3.63) is 0 Å². The fourth-order valence-corrected chi connectivity index (χ4v) is 1.10. The first-order valence-electron chi connectivity index (χ1n) is 5.53. The van der Waals surface area contributed by atoms with Crippen LogP contribution in [0.25, 0.3) is 0 Å². The van der Waals surface area contributed by atoms with Gasteiger partial charge in [0.1, 0.15) is 0 Å². The Kier molecular flexibility index (Phi) is 9.15. The van der Waals surface area contributed by atoms with Gasteiger partial charge in [-0.15, -0.1) is 0 Å². The Morgan fingerprint density at radius 2 is 1.12 bits per heavy atom. The lowest BCUT2D eigenvalue weighted by molar-refractivity contribution is -0.119. The Morgan fingerprint density at radius 3 is 1.44 bits per heavy atom. The third-order valence-electron chi connectivity index (χ3n) is 1.96. The molecular weight excluding hydrogens is 208 g/mol. The highest BCUT2D eigenvalue weighted by Gasteiger charge is 1.94. The number of nitrogens with two attached hydrogens (primary N) is 2. The van der Waals surface area contributed by atoms with Crippen LogP contribution in [0.4, 0.5) is 0 Å². The van der Waals surface area contributed by atoms with Crippen molar-refractivity contribution in [2.45, 2.75) is 38.5 Å². The number of nitrogens with zero attached hydrogens (tertiary/aromatic N) is 2. The van der Waals surface area contributed by atoms with Gasteiger partial charge in [0.05, 0.1) is 13.1 Å². The first-order chi connectivity index (χ1) is 7.63. The first-order valence-corrected chi connectivity index (χ1v) is 5.53. The molecule has 0 aromatic rings. The van der Waals surface area contributed by atoms with Crippen molar-refractivity contribution < 1.29 is 9.59 Å². The molecule has 0 bridgehead atoms. The largest absolute Gasteiger partial charge is 0.370 e. The molecule has 0 radical (unpaired) electrons. The number of hydrogen-bond acceptors (Lipinski definition) is 4. The fourth-order valence-electron chi connectivity index (χ4n) is 1.10. The van der Waals surface area contributed by atoms with E-state index in [1.165, 1.54) is 0 Å². The number of hydrogen-bond donors (Lipinski definition) is 2. The minimum Gasteiger partial charge on any atom is -0.370 e. The SMILES string of the molecule is NC(=O)CCCCN=NCCCCC(N)=O. The summed E-state index contributed by atoms with van der Waals surface area (Å²) in [4.78, 5) is 20.8. The molecule has 0 saturated heterocycles. The van der Waals surface area contributed by atoms with E-state index in [1.807, 2.05) is 0 Å². The molecule has 0 aliphatic carbocycles. The van der Waals surface area contributed by atoms with E-state index in [9.17, 15) is 9.59 Å². The Labute approximate surface area is 95.5 Å². The predicted octanol–water partition coefficient (Wildman–Crippen LogP) is 0.750. The van der Waals surface area contributed by atoms with Crippen LogP contribution in [-0.2, 0) is 9.59 Å². The lowest BCUT2D eigenvalue weighted by Crippen LogP contribution is -2.09. The molecule has 0 rings (SSSR count). The van der Waals surface area contributed by atoms with Crippen LogP contribution in [0.2, 0.25) is 0 Å². The molecule has 0 aromatic carbocycles. The minimum atomic E-state index is -0.275. The van der Waals surface area contributed by atoms with Crippen molar-refractivity contribution in [1.82, 2.24) is 0 Å². The van der Waals surface area contributed by atoms with E-state index >= 15 is 0 Å². The molecule has 0 aliphatic rings. The van der Waals surface area contributed by atoms with Crippen molar-refractivity contribution in [2.24, 2.45) is 21.7 Å². The Morgan fingerprint density at radius 1 is 0.750 bits per heavy atom. The first kappa shape index (κ1) is 14.5. The summed E-state index contributed by atoms with van der Waals surface area (Å²) >= 11 is 0. The van der Waals surface area contributed by atoms with Crippen LogP contribution in [0.1, 0.15) is 38.5 Å². The molecule has 0 saturated carbocycles. The Bertz CT molecular complexity index is 217. The van der Waals surface area contributed by atoms with Crippen molar-refractivity contribution >= 4 is 11.8 Å². The highest BCUT2D eigenvalue weighted by molar-refractivity contribution is 5.73. The van der Waals surface area contributed by atoms with Gasteiger partial charge in [-0.1, -0.05) is 0 Å². The summed E-state index contributed by atoms with van der Waals surface area (Å²) in [6.45, 7) is 1.26. The zero-order chi connectivity index (χ0) is 12.2. The van der Waals surface area contributed by atoms with E-state index in [4.69, 9.17) is 11.5 Å². The molecule has 92 valence electrons. The van der Waals surface area contributed by atoms with Gasteiger partial charge in [0.2, 0.25) is 11.8 Å². The molecule has 6 nitrogen and oxygen atoms in total. The van der Waals surface area contributed by atoms with Crippen molar-refractivity contribution in [3.8, 4) is 0 Å². The van der Waals surface area contributed by atoms with Gasteiger partial charge < -0.3 is 11.5 Å². The zero-order valence-corrected chi connectivity index (χ0v) is 9.52. The maximum Gasteiger partial charge on any atom is 0.217 e. The maximum absolute atomic E-state index is 10.4. The maximum atomic E-state index is 10.4. The van der Waals surface area contributed by atoms with E-state index in [0.29, 0.717) is 25.9 Å². The van der Waals surface area contributed by atoms with Crippen LogP contribution >= 0.6 is 0 Å². The number of amides is 2. The van der Waals surface area contributed by atoms with Crippen molar-refractivity contribution in [1.29, 1.82) is 0 Å². The van der Waals surface area contributed by atoms with Crippen LogP contribution in [0.15, 0.2) is 10.2 Å². The zero-order valence-electron chi connectivity index (χ0n) is 9.52. The summed E-state index contributed by atoms with van der Waals surface area (Å²) in [7, 11) is 0. The van der Waals surface area contributed by atoms with Gasteiger partial charge in [0.25, 0.3) is 0 Å². The summed E-state index contributed by atoms with van der Waals surface area (Å²) < 4.78 is 0. The predicted molar refractivity (Wildman–Crippen MR) is 60.7 cm³/mol. The van der Waals surface area contributed by atoms with Gasteiger partial charge >= 0.3 is 0 Å². The fraction of sp³-hybridized carbons (Fsp3) is 0.800. The van der Waals surface area contributed by atoms with Gasteiger partial charge in [-0.25, -0.2) is 0 Å². The molecule has 0 atom stereocenters. The van der Waals surface area contributed by atoms with Crippen molar-refractivity contribution in [2.75, 3.05) is 13.1 Å². The van der Waals surface area contributed by atoms with E-state index in [1.54, 1.807) is 0 Å². The molecule has 0 fully saturated rings. The van der Waals surface area contributed by atoms with Crippen LogP contribution < -0.4 is 11.5 Å². The molecule has 0 aliphatic heterocycles. The van der Waals surface area contributed by atoms with E-state index in [0.717, 1.165) is 25.7 Å². The molecule has 6 heteroatoms. The standard InChI is InChI=1S/C10H20N4O2/c11-9(15)5-1-3-7-13-14-8-4-2-6-10(12)16/h1-8H2,(H2,11,15)(H2,12,16). The highest BCUT2D eigenvalue weighted by atomic mass is 16.1. The molecule has 16 heavy (non-hydrogen) atoms. The summed E-state index contributed by atoms with van der Waals surface area (Å²) in [6, 6.07) is 0. The van der Waals surface area contributed by atoms with Crippen LogP contribution in [-0.4, -0.2) is 24.9 Å². The van der Waals surface area contributed by atoms with Crippen LogP contribution in [0, 0.1) is 0 Å². The summed E-state index contributed by atoms with van der Waals surface area (Å²) in [5, 5.41) is 7.88. The number of unbranched alkanes of at least 4 members (excludes halogenated alkanes) is 2. The number of carbonyl (C=O) groups is 2. The third kappa shape index (κ3) is 12.5. The Balaban J connectivity index is 3.16. The van der Waals surface area contributed by atoms with E-state index in [2.05, 4.69) is 10.2 Å². The number of rotatable bonds is 10. The van der Waals surface area contributed by atoms with Gasteiger partial charge in [-0.3, -0.25) is 9.59 Å². The molecular formula is C10H20N4O2. The van der Waals surface area contributed by atoms with E-state index < -0.39 is 0 Å². The summed E-state index contributed by atoms with van der Waals surface area (Å²) in [5.74, 6) is -0.549.